The van der Waals surface area contributed by atoms with Gasteiger partial charge in [0.1, 0.15) is 0 Å². The summed E-state index contributed by atoms with van der Waals surface area (Å²) in [6, 6.07) is 2.02. The maximum absolute atomic E-state index is 13.9. The first-order chi connectivity index (χ1) is 19.8. The van der Waals surface area contributed by atoms with Gasteiger partial charge in [-0.15, -0.1) is 0 Å². The fourth-order valence-electron chi connectivity index (χ4n) is 4.60. The SMILES string of the molecule is CCCN(C(=O)c1cc([N+](=O)[O-])c(OC(C)(C(=O)OCC)C(=O)OCC)cc1C)[C@@H]1CCCN(C(=O)OCC(C)C)C1. The number of carbonyl (C=O) groups excluding carboxylic acids is 4. The number of piperidine rings is 1. The molecule has 1 atom stereocenters. The molecule has 13 heteroatoms. The average Bonchev–Trinajstić information content (AvgIpc) is 2.94. The van der Waals surface area contributed by atoms with E-state index in [1.54, 1.807) is 30.6 Å². The summed E-state index contributed by atoms with van der Waals surface area (Å²) < 4.78 is 21.0. The molecule has 2 rings (SSSR count). The molecule has 1 aromatic carbocycles. The molecule has 0 N–H and O–H groups in total. The van der Waals surface area contributed by atoms with Gasteiger partial charge in [0, 0.05) is 37.3 Å². The fraction of sp³-hybridized carbons (Fsp3) is 0.655. The van der Waals surface area contributed by atoms with Gasteiger partial charge in [0.25, 0.3) is 11.5 Å². The van der Waals surface area contributed by atoms with E-state index >= 15 is 0 Å². The Labute approximate surface area is 246 Å². The summed E-state index contributed by atoms with van der Waals surface area (Å²) >= 11 is 0. The molecule has 0 spiro atoms. The second kappa shape index (κ2) is 15.4. The van der Waals surface area contributed by atoms with Gasteiger partial charge < -0.3 is 28.7 Å². The molecule has 1 aromatic rings. The Morgan fingerprint density at radius 3 is 2.24 bits per heavy atom. The molecule has 0 aliphatic carbocycles. The highest BCUT2D eigenvalue weighted by atomic mass is 16.6. The van der Waals surface area contributed by atoms with Gasteiger partial charge in [-0.25, -0.2) is 14.4 Å². The largest absolute Gasteiger partial charge is 0.463 e. The lowest BCUT2D eigenvalue weighted by molar-refractivity contribution is -0.386. The van der Waals surface area contributed by atoms with Crippen molar-refractivity contribution in [1.29, 1.82) is 0 Å². The third kappa shape index (κ3) is 8.32. The molecule has 1 aliphatic heterocycles. The van der Waals surface area contributed by atoms with Crippen LogP contribution in [0.2, 0.25) is 0 Å². The van der Waals surface area contributed by atoms with Gasteiger partial charge in [0.2, 0.25) is 0 Å². The Bertz CT molecular complexity index is 1130. The lowest BCUT2D eigenvalue weighted by Crippen LogP contribution is -2.52. The van der Waals surface area contributed by atoms with E-state index in [0.29, 0.717) is 44.5 Å². The molecule has 42 heavy (non-hydrogen) atoms. The number of benzene rings is 1. The van der Waals surface area contributed by atoms with Crippen LogP contribution < -0.4 is 4.74 Å². The number of nitrogens with zero attached hydrogens (tertiary/aromatic N) is 3. The maximum atomic E-state index is 13.9. The third-order valence-electron chi connectivity index (χ3n) is 6.74. The number of carbonyl (C=O) groups is 4. The van der Waals surface area contributed by atoms with Crippen LogP contribution in [0.3, 0.4) is 0 Å². The van der Waals surface area contributed by atoms with E-state index < -0.39 is 45.9 Å². The molecule has 1 aliphatic rings. The first-order valence-electron chi connectivity index (χ1n) is 14.4. The first-order valence-corrected chi connectivity index (χ1v) is 14.4. The second-order valence-electron chi connectivity index (χ2n) is 10.7. The van der Waals surface area contributed by atoms with Gasteiger partial charge in [-0.1, -0.05) is 20.8 Å². The Kier molecular flexibility index (Phi) is 12.5. The minimum atomic E-state index is -2.32. The van der Waals surface area contributed by atoms with Crippen LogP contribution in [0, 0.1) is 23.0 Å². The lowest BCUT2D eigenvalue weighted by Gasteiger charge is -2.39. The van der Waals surface area contributed by atoms with Crippen LogP contribution in [0.1, 0.15) is 76.7 Å². The summed E-state index contributed by atoms with van der Waals surface area (Å²) in [5, 5.41) is 12.1. The van der Waals surface area contributed by atoms with Crippen molar-refractivity contribution in [2.24, 2.45) is 5.92 Å². The van der Waals surface area contributed by atoms with E-state index in [4.69, 9.17) is 18.9 Å². The molecule has 0 aromatic heterocycles. The number of rotatable bonds is 13. The first kappa shape index (κ1) is 34.3. The van der Waals surface area contributed by atoms with Crippen molar-refractivity contribution in [3.8, 4) is 5.75 Å². The predicted octanol–water partition coefficient (Wildman–Crippen LogP) is 4.28. The quantitative estimate of drug-likeness (QED) is 0.106. The van der Waals surface area contributed by atoms with Crippen molar-refractivity contribution in [3.63, 3.8) is 0 Å². The summed E-state index contributed by atoms with van der Waals surface area (Å²) in [6.07, 6.45) is 1.51. The minimum absolute atomic E-state index is 0.0624. The van der Waals surface area contributed by atoms with Crippen molar-refractivity contribution in [1.82, 2.24) is 9.80 Å². The summed E-state index contributed by atoms with van der Waals surface area (Å²) in [7, 11) is 0. The number of nitro benzene ring substituents is 1. The zero-order valence-electron chi connectivity index (χ0n) is 25.6. The van der Waals surface area contributed by atoms with Gasteiger partial charge in [0.05, 0.1) is 24.7 Å². The summed E-state index contributed by atoms with van der Waals surface area (Å²) in [5.41, 5.74) is -2.53. The monoisotopic (exact) mass is 593 g/mol. The van der Waals surface area contributed by atoms with Crippen molar-refractivity contribution in [2.45, 2.75) is 79.4 Å². The highest BCUT2D eigenvalue weighted by Gasteiger charge is 2.48. The molecule has 13 nitrogen and oxygen atoms in total. The Hall–Kier alpha value is -3.90. The average molecular weight is 594 g/mol. The van der Waals surface area contributed by atoms with E-state index in [-0.39, 0.29) is 37.3 Å². The number of hydrogen-bond donors (Lipinski definition) is 0. The van der Waals surface area contributed by atoms with Crippen molar-refractivity contribution < 1.29 is 43.0 Å². The Morgan fingerprint density at radius 1 is 1.10 bits per heavy atom. The van der Waals surface area contributed by atoms with Crippen LogP contribution in [0.25, 0.3) is 0 Å². The van der Waals surface area contributed by atoms with Crippen LogP contribution in [0.5, 0.6) is 5.75 Å². The van der Waals surface area contributed by atoms with E-state index in [9.17, 15) is 29.3 Å². The molecule has 0 saturated carbocycles. The standard InChI is InChI=1S/C29H43N3O10/c1-8-13-31(21-12-11-14-30(17-21)28(36)41-18-19(4)5)25(33)22-16-23(32(37)38)24(15-20(22)6)42-29(7,26(34)39-9-2)27(35)40-10-3/h15-16,19,21H,8-14,17-18H2,1-7H3/t21-/m1/s1. The van der Waals surface area contributed by atoms with E-state index in [2.05, 4.69) is 0 Å². The zero-order chi connectivity index (χ0) is 31.6. The van der Waals surface area contributed by atoms with Crippen molar-refractivity contribution in [2.75, 3.05) is 39.5 Å². The van der Waals surface area contributed by atoms with Gasteiger partial charge in [-0.2, -0.15) is 0 Å². The zero-order valence-corrected chi connectivity index (χ0v) is 25.6. The topological polar surface area (TPSA) is 155 Å². The number of aryl methyl sites for hydroxylation is 1. The van der Waals surface area contributed by atoms with Crippen LogP contribution in [-0.4, -0.2) is 89.8 Å². The Morgan fingerprint density at radius 2 is 1.71 bits per heavy atom. The molecule has 1 heterocycles. The number of nitro groups is 1. The van der Waals surface area contributed by atoms with Crippen molar-refractivity contribution >= 4 is 29.6 Å². The number of likely N-dealkylation sites (tertiary alicyclic amines) is 1. The third-order valence-corrected chi connectivity index (χ3v) is 6.74. The Balaban J connectivity index is 2.45. The van der Waals surface area contributed by atoms with Crippen LogP contribution in [-0.2, 0) is 23.8 Å². The fourth-order valence-corrected chi connectivity index (χ4v) is 4.60. The van der Waals surface area contributed by atoms with E-state index in [1.807, 2.05) is 20.8 Å². The van der Waals surface area contributed by atoms with Gasteiger partial charge in [-0.05, 0) is 64.5 Å². The normalized spacial score (nSPS) is 15.1. The highest BCUT2D eigenvalue weighted by Crippen LogP contribution is 2.35. The molecular formula is C29H43N3O10. The van der Waals surface area contributed by atoms with Gasteiger partial charge in [-0.3, -0.25) is 14.9 Å². The summed E-state index contributed by atoms with van der Waals surface area (Å²) in [4.78, 5) is 66.5. The number of ether oxygens (including phenoxy) is 4. The number of hydrogen-bond acceptors (Lipinski definition) is 10. The molecule has 0 unspecified atom stereocenters. The molecule has 0 radical (unpaired) electrons. The summed E-state index contributed by atoms with van der Waals surface area (Å²) in [5.74, 6) is -2.79. The number of esters is 2. The smallest absolute Gasteiger partial charge is 0.409 e. The van der Waals surface area contributed by atoms with Crippen LogP contribution in [0.4, 0.5) is 10.5 Å². The van der Waals surface area contributed by atoms with Gasteiger partial charge >= 0.3 is 23.7 Å². The second-order valence-corrected chi connectivity index (χ2v) is 10.7. The highest BCUT2D eigenvalue weighted by molar-refractivity contribution is 6.04. The molecule has 1 fully saturated rings. The van der Waals surface area contributed by atoms with Crippen LogP contribution in [0.15, 0.2) is 12.1 Å². The maximum Gasteiger partial charge on any atom is 0.409 e. The number of amides is 2. The van der Waals surface area contributed by atoms with Gasteiger partial charge in [0.15, 0.2) is 5.75 Å². The molecule has 0 bridgehead atoms. The molecule has 2 amide bonds. The van der Waals surface area contributed by atoms with Crippen molar-refractivity contribution in [3.05, 3.63) is 33.4 Å². The molecule has 1 saturated heterocycles. The predicted molar refractivity (Wildman–Crippen MR) is 152 cm³/mol. The molecular weight excluding hydrogens is 550 g/mol. The van der Waals surface area contributed by atoms with E-state index in [1.165, 1.54) is 6.07 Å². The van der Waals surface area contributed by atoms with Crippen LogP contribution >= 0.6 is 0 Å². The minimum Gasteiger partial charge on any atom is -0.463 e. The summed E-state index contributed by atoms with van der Waals surface area (Å²) in [6.45, 7) is 12.9. The lowest BCUT2D eigenvalue weighted by atomic mass is 10.00. The molecule has 234 valence electrons. The van der Waals surface area contributed by atoms with E-state index in [0.717, 1.165) is 13.0 Å².